The number of hydrogen-bond acceptors (Lipinski definition) is 2. The average Bonchev–Trinajstić information content (AvgIpc) is 2.47. The van der Waals surface area contributed by atoms with Crippen LogP contribution in [-0.4, -0.2) is 23.9 Å². The maximum absolute atomic E-state index is 12.6. The minimum atomic E-state index is 0.0302. The van der Waals surface area contributed by atoms with Gasteiger partial charge in [0.1, 0.15) is 0 Å². The lowest BCUT2D eigenvalue weighted by Crippen LogP contribution is -2.27. The molecule has 2 rings (SSSR count). The van der Waals surface area contributed by atoms with Gasteiger partial charge < -0.3 is 10.2 Å². The number of para-hydroxylation sites is 1. The molecule has 1 N–H and O–H groups in total. The van der Waals surface area contributed by atoms with Crippen molar-refractivity contribution in [3.05, 3.63) is 65.7 Å². The standard InChI is InChI=1S/C18H22N2O/c1-14(2)19-17-12-8-7-11-16(17)18(21)20(3)13-15-9-5-4-6-10-15/h4-12,14,19H,13H2,1-3H3. The van der Waals surface area contributed by atoms with Crippen LogP contribution in [0.15, 0.2) is 54.6 Å². The Kier molecular flexibility index (Phi) is 4.99. The molecule has 0 aliphatic rings. The first kappa shape index (κ1) is 15.1. The Morgan fingerprint density at radius 1 is 1.05 bits per heavy atom. The Balaban J connectivity index is 2.16. The van der Waals surface area contributed by atoms with E-state index in [1.54, 1.807) is 4.90 Å². The van der Waals surface area contributed by atoms with Crippen LogP contribution in [0.5, 0.6) is 0 Å². The summed E-state index contributed by atoms with van der Waals surface area (Å²) in [5, 5.41) is 3.33. The van der Waals surface area contributed by atoms with E-state index in [2.05, 4.69) is 19.2 Å². The fourth-order valence-corrected chi connectivity index (χ4v) is 2.24. The zero-order chi connectivity index (χ0) is 15.2. The maximum atomic E-state index is 12.6. The number of nitrogens with one attached hydrogen (secondary N) is 1. The second-order valence-electron chi connectivity index (χ2n) is 5.49. The summed E-state index contributed by atoms with van der Waals surface area (Å²) in [5.74, 6) is 0.0302. The van der Waals surface area contributed by atoms with Crippen molar-refractivity contribution in [1.29, 1.82) is 0 Å². The van der Waals surface area contributed by atoms with E-state index in [0.717, 1.165) is 11.3 Å². The molecule has 2 aromatic rings. The van der Waals surface area contributed by atoms with Crippen LogP contribution in [0.1, 0.15) is 29.8 Å². The summed E-state index contributed by atoms with van der Waals surface area (Å²) in [4.78, 5) is 14.4. The second-order valence-corrected chi connectivity index (χ2v) is 5.49. The van der Waals surface area contributed by atoms with Gasteiger partial charge in [0.15, 0.2) is 0 Å². The number of hydrogen-bond donors (Lipinski definition) is 1. The van der Waals surface area contributed by atoms with E-state index in [9.17, 15) is 4.79 Å². The smallest absolute Gasteiger partial charge is 0.255 e. The van der Waals surface area contributed by atoms with Crippen molar-refractivity contribution in [3.8, 4) is 0 Å². The lowest BCUT2D eigenvalue weighted by molar-refractivity contribution is 0.0786. The van der Waals surface area contributed by atoms with E-state index < -0.39 is 0 Å². The molecule has 21 heavy (non-hydrogen) atoms. The molecular formula is C18H22N2O. The Labute approximate surface area is 126 Å². The van der Waals surface area contributed by atoms with Crippen molar-refractivity contribution < 1.29 is 4.79 Å². The molecule has 0 atom stereocenters. The maximum Gasteiger partial charge on any atom is 0.255 e. The number of carbonyl (C=O) groups excluding carboxylic acids is 1. The largest absolute Gasteiger partial charge is 0.382 e. The zero-order valence-electron chi connectivity index (χ0n) is 12.8. The molecule has 0 radical (unpaired) electrons. The van der Waals surface area contributed by atoms with Gasteiger partial charge in [-0.25, -0.2) is 0 Å². The number of carbonyl (C=O) groups is 1. The monoisotopic (exact) mass is 282 g/mol. The summed E-state index contributed by atoms with van der Waals surface area (Å²) in [5.41, 5.74) is 2.73. The fraction of sp³-hybridized carbons (Fsp3) is 0.278. The zero-order valence-corrected chi connectivity index (χ0v) is 12.8. The quantitative estimate of drug-likeness (QED) is 0.905. The highest BCUT2D eigenvalue weighted by molar-refractivity contribution is 5.99. The van der Waals surface area contributed by atoms with Gasteiger partial charge in [-0.1, -0.05) is 42.5 Å². The number of benzene rings is 2. The molecule has 0 fully saturated rings. The third kappa shape index (κ3) is 4.09. The molecule has 0 bridgehead atoms. The van der Waals surface area contributed by atoms with Crippen molar-refractivity contribution in [1.82, 2.24) is 4.90 Å². The van der Waals surface area contributed by atoms with Crippen molar-refractivity contribution in [2.24, 2.45) is 0 Å². The number of anilines is 1. The Hall–Kier alpha value is -2.29. The Bertz CT molecular complexity index is 593. The van der Waals surface area contributed by atoms with Crippen molar-refractivity contribution in [2.45, 2.75) is 26.4 Å². The first-order valence-electron chi connectivity index (χ1n) is 7.23. The Morgan fingerprint density at radius 2 is 1.67 bits per heavy atom. The van der Waals surface area contributed by atoms with E-state index in [4.69, 9.17) is 0 Å². The summed E-state index contributed by atoms with van der Waals surface area (Å²) in [7, 11) is 1.83. The minimum absolute atomic E-state index is 0.0302. The molecule has 2 aromatic carbocycles. The summed E-state index contributed by atoms with van der Waals surface area (Å²) >= 11 is 0. The topological polar surface area (TPSA) is 32.3 Å². The molecule has 3 heteroatoms. The van der Waals surface area contributed by atoms with E-state index in [-0.39, 0.29) is 5.91 Å². The molecule has 3 nitrogen and oxygen atoms in total. The van der Waals surface area contributed by atoms with Gasteiger partial charge in [0.2, 0.25) is 0 Å². The van der Waals surface area contributed by atoms with Crippen LogP contribution >= 0.6 is 0 Å². The predicted molar refractivity (Wildman–Crippen MR) is 87.4 cm³/mol. The molecule has 0 heterocycles. The molecule has 110 valence electrons. The van der Waals surface area contributed by atoms with Gasteiger partial charge in [0.25, 0.3) is 5.91 Å². The Morgan fingerprint density at radius 3 is 2.33 bits per heavy atom. The van der Waals surface area contributed by atoms with Gasteiger partial charge >= 0.3 is 0 Å². The highest BCUT2D eigenvalue weighted by atomic mass is 16.2. The van der Waals surface area contributed by atoms with Gasteiger partial charge in [-0.15, -0.1) is 0 Å². The van der Waals surface area contributed by atoms with Crippen LogP contribution in [-0.2, 0) is 6.54 Å². The van der Waals surface area contributed by atoms with Crippen LogP contribution in [0.4, 0.5) is 5.69 Å². The normalized spacial score (nSPS) is 10.5. The van der Waals surface area contributed by atoms with Crippen LogP contribution in [0.2, 0.25) is 0 Å². The van der Waals surface area contributed by atoms with Crippen LogP contribution < -0.4 is 5.32 Å². The summed E-state index contributed by atoms with van der Waals surface area (Å²) < 4.78 is 0. The third-order valence-electron chi connectivity index (χ3n) is 3.21. The van der Waals surface area contributed by atoms with Gasteiger partial charge in [-0.3, -0.25) is 4.79 Å². The van der Waals surface area contributed by atoms with Gasteiger partial charge in [0, 0.05) is 25.3 Å². The number of rotatable bonds is 5. The van der Waals surface area contributed by atoms with Crippen LogP contribution in [0.3, 0.4) is 0 Å². The lowest BCUT2D eigenvalue weighted by Gasteiger charge is -2.20. The van der Waals surface area contributed by atoms with E-state index in [0.29, 0.717) is 18.2 Å². The highest BCUT2D eigenvalue weighted by Crippen LogP contribution is 2.18. The predicted octanol–water partition coefficient (Wildman–Crippen LogP) is 3.78. The van der Waals surface area contributed by atoms with Crippen LogP contribution in [0.25, 0.3) is 0 Å². The lowest BCUT2D eigenvalue weighted by atomic mass is 10.1. The average molecular weight is 282 g/mol. The van der Waals surface area contributed by atoms with Gasteiger partial charge in [-0.05, 0) is 31.5 Å². The first-order valence-corrected chi connectivity index (χ1v) is 7.23. The summed E-state index contributed by atoms with van der Waals surface area (Å²) in [6, 6.07) is 18.0. The summed E-state index contributed by atoms with van der Waals surface area (Å²) in [6.07, 6.45) is 0. The molecule has 0 unspecified atom stereocenters. The molecule has 0 saturated carbocycles. The number of nitrogens with zero attached hydrogens (tertiary/aromatic N) is 1. The van der Waals surface area contributed by atoms with E-state index in [1.165, 1.54) is 0 Å². The second kappa shape index (κ2) is 6.93. The van der Waals surface area contributed by atoms with Crippen molar-refractivity contribution in [3.63, 3.8) is 0 Å². The van der Waals surface area contributed by atoms with Crippen molar-refractivity contribution in [2.75, 3.05) is 12.4 Å². The molecule has 0 spiro atoms. The molecule has 0 aliphatic carbocycles. The third-order valence-corrected chi connectivity index (χ3v) is 3.21. The van der Waals surface area contributed by atoms with Crippen molar-refractivity contribution >= 4 is 11.6 Å². The first-order chi connectivity index (χ1) is 10.1. The molecule has 0 aromatic heterocycles. The molecular weight excluding hydrogens is 260 g/mol. The van der Waals surface area contributed by atoms with E-state index >= 15 is 0 Å². The fourth-order valence-electron chi connectivity index (χ4n) is 2.24. The van der Waals surface area contributed by atoms with Gasteiger partial charge in [0.05, 0.1) is 5.56 Å². The summed E-state index contributed by atoms with van der Waals surface area (Å²) in [6.45, 7) is 4.74. The minimum Gasteiger partial charge on any atom is -0.382 e. The number of amides is 1. The molecule has 1 amide bonds. The molecule has 0 saturated heterocycles. The molecule has 0 aliphatic heterocycles. The SMILES string of the molecule is CC(C)Nc1ccccc1C(=O)N(C)Cc1ccccc1. The highest BCUT2D eigenvalue weighted by Gasteiger charge is 2.16. The van der Waals surface area contributed by atoms with Gasteiger partial charge in [-0.2, -0.15) is 0 Å². The van der Waals surface area contributed by atoms with Crippen LogP contribution in [0, 0.1) is 0 Å². The van der Waals surface area contributed by atoms with E-state index in [1.807, 2.05) is 61.6 Å².